The van der Waals surface area contributed by atoms with Gasteiger partial charge in [0, 0.05) is 19.5 Å². The van der Waals surface area contributed by atoms with Crippen LogP contribution in [0.2, 0.25) is 0 Å². The molecule has 1 aromatic heterocycles. The van der Waals surface area contributed by atoms with Gasteiger partial charge < -0.3 is 5.11 Å². The number of aromatic nitrogens is 2. The molecule has 1 aromatic rings. The van der Waals surface area contributed by atoms with Gasteiger partial charge in [0.05, 0.1) is 0 Å². The zero-order valence-corrected chi connectivity index (χ0v) is 15.0. The Bertz CT molecular complexity index is 692. The number of carbonyl (C=O) groups excluding carboxylic acids is 1. The SMILES string of the molecule is CCn1c(O)c(C(=O)C[C@@H](C)CC(C)(C)C)c(=O)n(CC)c1=O. The van der Waals surface area contributed by atoms with Crippen LogP contribution in [0.3, 0.4) is 0 Å². The first-order valence-electron chi connectivity index (χ1n) is 8.13. The van der Waals surface area contributed by atoms with Crippen LogP contribution in [0, 0.1) is 11.3 Å². The van der Waals surface area contributed by atoms with E-state index in [0.29, 0.717) is 0 Å². The first-order valence-corrected chi connectivity index (χ1v) is 8.13. The number of Topliss-reactive ketones (excluding diaryl/α,β-unsaturated/α-hetero) is 1. The second kappa shape index (κ2) is 7.15. The monoisotopic (exact) mass is 324 g/mol. The van der Waals surface area contributed by atoms with Crippen LogP contribution in [0.15, 0.2) is 9.59 Å². The molecule has 0 fully saturated rings. The van der Waals surface area contributed by atoms with E-state index in [-0.39, 0.29) is 36.4 Å². The van der Waals surface area contributed by atoms with Gasteiger partial charge in [-0.2, -0.15) is 0 Å². The van der Waals surface area contributed by atoms with Crippen LogP contribution in [0.1, 0.15) is 64.7 Å². The molecule has 130 valence electrons. The molecular formula is C17H28N2O4. The highest BCUT2D eigenvalue weighted by molar-refractivity contribution is 5.97. The topological polar surface area (TPSA) is 81.3 Å². The molecule has 0 radical (unpaired) electrons. The van der Waals surface area contributed by atoms with E-state index in [0.717, 1.165) is 15.6 Å². The summed E-state index contributed by atoms with van der Waals surface area (Å²) in [5, 5.41) is 10.2. The molecule has 6 nitrogen and oxygen atoms in total. The van der Waals surface area contributed by atoms with Crippen molar-refractivity contribution in [2.45, 2.75) is 67.5 Å². The van der Waals surface area contributed by atoms with Gasteiger partial charge in [-0.25, -0.2) is 4.79 Å². The highest BCUT2D eigenvalue weighted by atomic mass is 16.3. The molecule has 1 N–H and O–H groups in total. The van der Waals surface area contributed by atoms with E-state index in [9.17, 15) is 19.5 Å². The lowest BCUT2D eigenvalue weighted by Gasteiger charge is -2.23. The number of rotatable bonds is 6. The van der Waals surface area contributed by atoms with Crippen molar-refractivity contribution in [3.63, 3.8) is 0 Å². The zero-order valence-electron chi connectivity index (χ0n) is 15.0. The lowest BCUT2D eigenvalue weighted by molar-refractivity contribution is 0.0947. The average molecular weight is 324 g/mol. The minimum Gasteiger partial charge on any atom is -0.494 e. The van der Waals surface area contributed by atoms with Crippen molar-refractivity contribution >= 4 is 5.78 Å². The Balaban J connectivity index is 3.30. The largest absolute Gasteiger partial charge is 0.494 e. The van der Waals surface area contributed by atoms with Crippen molar-refractivity contribution in [2.24, 2.45) is 11.3 Å². The molecule has 0 aliphatic carbocycles. The molecule has 0 amide bonds. The van der Waals surface area contributed by atoms with Crippen LogP contribution in [-0.2, 0) is 13.1 Å². The number of carbonyl (C=O) groups is 1. The fraction of sp³-hybridized carbons (Fsp3) is 0.706. The lowest BCUT2D eigenvalue weighted by Crippen LogP contribution is -2.42. The Morgan fingerprint density at radius 2 is 1.65 bits per heavy atom. The van der Waals surface area contributed by atoms with Crippen LogP contribution in [-0.4, -0.2) is 20.0 Å². The first-order chi connectivity index (χ1) is 10.5. The average Bonchev–Trinajstić information content (AvgIpc) is 2.36. The lowest BCUT2D eigenvalue weighted by atomic mass is 9.83. The van der Waals surface area contributed by atoms with Crippen molar-refractivity contribution in [3.05, 3.63) is 26.4 Å². The van der Waals surface area contributed by atoms with Crippen molar-refractivity contribution in [3.8, 4) is 5.88 Å². The molecule has 0 bridgehead atoms. The van der Waals surface area contributed by atoms with Gasteiger partial charge in [0.1, 0.15) is 5.56 Å². The van der Waals surface area contributed by atoms with Gasteiger partial charge in [0.15, 0.2) is 5.78 Å². The molecule has 0 saturated heterocycles. The van der Waals surface area contributed by atoms with E-state index in [1.165, 1.54) is 0 Å². The van der Waals surface area contributed by atoms with Gasteiger partial charge in [-0.15, -0.1) is 0 Å². The van der Waals surface area contributed by atoms with Crippen LogP contribution in [0.4, 0.5) is 0 Å². The third kappa shape index (κ3) is 4.33. The highest BCUT2D eigenvalue weighted by Gasteiger charge is 2.25. The predicted octanol–water partition coefficient (Wildman–Crippen LogP) is 2.40. The molecule has 0 saturated carbocycles. The van der Waals surface area contributed by atoms with E-state index < -0.39 is 22.9 Å². The summed E-state index contributed by atoms with van der Waals surface area (Å²) in [4.78, 5) is 37.0. The Hall–Kier alpha value is -1.85. The molecule has 1 rings (SSSR count). The second-order valence-corrected chi connectivity index (χ2v) is 7.27. The maximum Gasteiger partial charge on any atom is 0.333 e. The third-order valence-electron chi connectivity index (χ3n) is 3.81. The van der Waals surface area contributed by atoms with Crippen LogP contribution < -0.4 is 11.2 Å². The van der Waals surface area contributed by atoms with Crippen LogP contribution >= 0.6 is 0 Å². The van der Waals surface area contributed by atoms with Gasteiger partial charge in [0.25, 0.3) is 5.56 Å². The van der Waals surface area contributed by atoms with E-state index >= 15 is 0 Å². The molecule has 1 atom stereocenters. The van der Waals surface area contributed by atoms with Crippen LogP contribution in [0.25, 0.3) is 0 Å². The summed E-state index contributed by atoms with van der Waals surface area (Å²) in [6.07, 6.45) is 1.00. The Labute approximate surface area is 136 Å². The van der Waals surface area contributed by atoms with E-state index in [2.05, 4.69) is 20.8 Å². The van der Waals surface area contributed by atoms with Crippen molar-refractivity contribution in [2.75, 3.05) is 0 Å². The number of hydrogen-bond donors (Lipinski definition) is 1. The van der Waals surface area contributed by atoms with Gasteiger partial charge in [0.2, 0.25) is 5.88 Å². The van der Waals surface area contributed by atoms with E-state index in [1.807, 2.05) is 6.92 Å². The Morgan fingerprint density at radius 3 is 2.09 bits per heavy atom. The summed E-state index contributed by atoms with van der Waals surface area (Å²) >= 11 is 0. The molecule has 1 heterocycles. The van der Waals surface area contributed by atoms with Gasteiger partial charge in [-0.05, 0) is 31.6 Å². The zero-order chi connectivity index (χ0) is 17.9. The fourth-order valence-corrected chi connectivity index (χ4v) is 3.03. The molecular weight excluding hydrogens is 296 g/mol. The smallest absolute Gasteiger partial charge is 0.333 e. The Morgan fingerprint density at radius 1 is 1.13 bits per heavy atom. The number of hydrogen-bond acceptors (Lipinski definition) is 4. The molecule has 0 spiro atoms. The summed E-state index contributed by atoms with van der Waals surface area (Å²) in [6.45, 7) is 11.9. The maximum absolute atomic E-state index is 12.5. The van der Waals surface area contributed by atoms with Crippen molar-refractivity contribution < 1.29 is 9.90 Å². The minimum atomic E-state index is -0.701. The summed E-state index contributed by atoms with van der Waals surface area (Å²) in [5.74, 6) is -0.841. The highest BCUT2D eigenvalue weighted by Crippen LogP contribution is 2.27. The van der Waals surface area contributed by atoms with Crippen molar-refractivity contribution in [1.82, 2.24) is 9.13 Å². The molecule has 0 unspecified atom stereocenters. The van der Waals surface area contributed by atoms with Crippen molar-refractivity contribution in [1.29, 1.82) is 0 Å². The quantitative estimate of drug-likeness (QED) is 0.815. The molecule has 0 aliphatic heterocycles. The number of ketones is 1. The molecule has 6 heteroatoms. The first kappa shape index (κ1) is 19.2. The maximum atomic E-state index is 12.5. The molecule has 23 heavy (non-hydrogen) atoms. The Kier molecular flexibility index (Phi) is 5.97. The predicted molar refractivity (Wildman–Crippen MR) is 90.2 cm³/mol. The standard InChI is InChI=1S/C17H28N2O4/c1-7-18-14(21)13(15(22)19(8-2)16(18)23)12(20)9-11(3)10-17(4,5)6/h11,21H,7-10H2,1-6H3/t11-/m1/s1. The van der Waals surface area contributed by atoms with E-state index in [4.69, 9.17) is 0 Å². The van der Waals surface area contributed by atoms with Gasteiger partial charge in [-0.1, -0.05) is 27.7 Å². The minimum absolute atomic E-state index is 0.0770. The summed E-state index contributed by atoms with van der Waals surface area (Å²) < 4.78 is 2.05. The van der Waals surface area contributed by atoms with Gasteiger partial charge in [-0.3, -0.25) is 18.7 Å². The fourth-order valence-electron chi connectivity index (χ4n) is 3.03. The molecule has 0 aromatic carbocycles. The number of nitrogens with zero attached hydrogens (tertiary/aromatic N) is 2. The third-order valence-corrected chi connectivity index (χ3v) is 3.81. The summed E-state index contributed by atoms with van der Waals surface area (Å²) in [5.41, 5.74) is -1.48. The van der Waals surface area contributed by atoms with E-state index in [1.54, 1.807) is 13.8 Å². The van der Waals surface area contributed by atoms with Gasteiger partial charge >= 0.3 is 5.69 Å². The second-order valence-electron chi connectivity index (χ2n) is 7.27. The summed E-state index contributed by atoms with van der Waals surface area (Å²) in [6, 6.07) is 0. The van der Waals surface area contributed by atoms with Crippen LogP contribution in [0.5, 0.6) is 5.88 Å². The summed E-state index contributed by atoms with van der Waals surface area (Å²) in [7, 11) is 0. The number of aromatic hydroxyl groups is 1. The normalized spacial score (nSPS) is 13.1. The molecule has 0 aliphatic rings.